The molecule has 2 aromatic rings. The van der Waals surface area contributed by atoms with E-state index < -0.39 is 6.17 Å². The van der Waals surface area contributed by atoms with Gasteiger partial charge >= 0.3 is 0 Å². The normalized spacial score (nSPS) is 12.1. The number of nitrogens with zero attached hydrogens (tertiary/aromatic N) is 2. The smallest absolute Gasteiger partial charge is 0.159 e. The van der Waals surface area contributed by atoms with Crippen molar-refractivity contribution in [3.05, 3.63) is 42.2 Å². The summed E-state index contributed by atoms with van der Waals surface area (Å²) in [6.45, 7) is 5.71. The molecule has 0 bridgehead atoms. The third kappa shape index (κ3) is 12.1. The third-order valence-corrected chi connectivity index (χ3v) is 5.85. The Morgan fingerprint density at radius 1 is 0.788 bits per heavy atom. The van der Waals surface area contributed by atoms with Crippen LogP contribution >= 0.6 is 0 Å². The summed E-state index contributed by atoms with van der Waals surface area (Å²) < 4.78 is 24.2. The van der Waals surface area contributed by atoms with Crippen LogP contribution in [0.3, 0.4) is 0 Å². The van der Waals surface area contributed by atoms with Crippen LogP contribution in [0.1, 0.15) is 90.0 Å². The summed E-state index contributed by atoms with van der Waals surface area (Å²) >= 11 is 0. The molecule has 2 rings (SSSR count). The molecule has 4 nitrogen and oxygen atoms in total. The molecule has 0 saturated heterocycles. The molecular formula is C28H43FN2O2. The minimum absolute atomic E-state index is 0.238. The molecule has 1 aromatic carbocycles. The lowest BCUT2D eigenvalue weighted by Crippen LogP contribution is -2.09. The second-order valence-electron chi connectivity index (χ2n) is 8.80. The number of halogens is 1. The monoisotopic (exact) mass is 458 g/mol. The van der Waals surface area contributed by atoms with E-state index in [2.05, 4.69) is 41.2 Å². The third-order valence-electron chi connectivity index (χ3n) is 5.85. The van der Waals surface area contributed by atoms with E-state index in [0.29, 0.717) is 13.0 Å². The van der Waals surface area contributed by atoms with E-state index in [4.69, 9.17) is 9.47 Å². The fraction of sp³-hybridized carbons (Fsp3) is 0.643. The van der Waals surface area contributed by atoms with Crippen LogP contribution in [0.2, 0.25) is 0 Å². The number of aromatic nitrogens is 2. The molecule has 33 heavy (non-hydrogen) atoms. The van der Waals surface area contributed by atoms with E-state index in [9.17, 15) is 4.39 Å². The van der Waals surface area contributed by atoms with Crippen LogP contribution in [0.25, 0.3) is 11.4 Å². The van der Waals surface area contributed by atoms with E-state index in [1.54, 1.807) is 12.4 Å². The second-order valence-corrected chi connectivity index (χ2v) is 8.80. The van der Waals surface area contributed by atoms with Gasteiger partial charge in [-0.25, -0.2) is 14.4 Å². The van der Waals surface area contributed by atoms with Crippen LogP contribution < -0.4 is 4.74 Å². The maximum absolute atomic E-state index is 13.1. The highest BCUT2D eigenvalue weighted by atomic mass is 19.1. The molecule has 1 atom stereocenters. The van der Waals surface area contributed by atoms with Crippen molar-refractivity contribution in [1.82, 2.24) is 9.97 Å². The number of ether oxygens (including phenoxy) is 2. The molecule has 1 aromatic heterocycles. The van der Waals surface area contributed by atoms with Gasteiger partial charge in [-0.2, -0.15) is 0 Å². The Kier molecular flexibility index (Phi) is 14.4. The van der Waals surface area contributed by atoms with Crippen molar-refractivity contribution in [2.45, 2.75) is 97.1 Å². The van der Waals surface area contributed by atoms with Crippen LogP contribution in [0.5, 0.6) is 5.75 Å². The Bertz CT molecular complexity index is 722. The number of hydrogen-bond donors (Lipinski definition) is 0. The van der Waals surface area contributed by atoms with Gasteiger partial charge < -0.3 is 9.47 Å². The standard InChI is InChI=1S/C28H43FN2O2/c1-3-5-6-7-9-13-20-33-27-21-30-28(31-22-27)25-17-15-24(16-18-25)14-11-8-10-12-19-32-23-26(29)4-2/h15-18,21-22,26H,3-14,19-20,23H2,1-2H3. The minimum Gasteiger partial charge on any atom is -0.490 e. The van der Waals surface area contributed by atoms with Crippen molar-refractivity contribution in [3.8, 4) is 17.1 Å². The quantitative estimate of drug-likeness (QED) is 0.202. The molecule has 0 aliphatic carbocycles. The molecule has 0 radical (unpaired) electrons. The van der Waals surface area contributed by atoms with Crippen LogP contribution in [-0.2, 0) is 11.2 Å². The van der Waals surface area contributed by atoms with E-state index in [0.717, 1.165) is 55.8 Å². The second kappa shape index (κ2) is 17.5. The summed E-state index contributed by atoms with van der Waals surface area (Å²) in [4.78, 5) is 8.95. The summed E-state index contributed by atoms with van der Waals surface area (Å²) in [6, 6.07) is 8.51. The molecule has 0 fully saturated rings. The average Bonchev–Trinajstić information content (AvgIpc) is 2.85. The molecule has 0 saturated carbocycles. The summed E-state index contributed by atoms with van der Waals surface area (Å²) in [7, 11) is 0. The van der Waals surface area contributed by atoms with Crippen molar-refractivity contribution < 1.29 is 13.9 Å². The first-order valence-electron chi connectivity index (χ1n) is 13.0. The van der Waals surface area contributed by atoms with E-state index in [1.807, 2.05) is 6.92 Å². The predicted molar refractivity (Wildman–Crippen MR) is 135 cm³/mol. The lowest BCUT2D eigenvalue weighted by molar-refractivity contribution is 0.0765. The number of alkyl halides is 1. The zero-order chi connectivity index (χ0) is 23.6. The first kappa shape index (κ1) is 27.2. The fourth-order valence-electron chi connectivity index (χ4n) is 3.65. The number of hydrogen-bond acceptors (Lipinski definition) is 4. The maximum Gasteiger partial charge on any atom is 0.159 e. The zero-order valence-electron chi connectivity index (χ0n) is 20.7. The summed E-state index contributed by atoms with van der Waals surface area (Å²) in [5.74, 6) is 1.47. The topological polar surface area (TPSA) is 44.2 Å². The Morgan fingerprint density at radius 2 is 1.42 bits per heavy atom. The number of benzene rings is 1. The molecule has 1 unspecified atom stereocenters. The molecule has 0 aliphatic heterocycles. The highest BCUT2D eigenvalue weighted by Crippen LogP contribution is 2.19. The van der Waals surface area contributed by atoms with Gasteiger partial charge in [-0.15, -0.1) is 0 Å². The molecular weight excluding hydrogens is 415 g/mol. The minimum atomic E-state index is -0.820. The van der Waals surface area contributed by atoms with Crippen LogP contribution in [0.4, 0.5) is 4.39 Å². The maximum atomic E-state index is 13.1. The van der Waals surface area contributed by atoms with Gasteiger partial charge in [0.05, 0.1) is 25.6 Å². The molecule has 1 heterocycles. The van der Waals surface area contributed by atoms with Gasteiger partial charge in [0.15, 0.2) is 11.6 Å². The number of unbranched alkanes of at least 4 members (excludes halogenated alkanes) is 8. The van der Waals surface area contributed by atoms with Gasteiger partial charge in [0.2, 0.25) is 0 Å². The van der Waals surface area contributed by atoms with Crippen molar-refractivity contribution in [1.29, 1.82) is 0 Å². The molecule has 0 aliphatic rings. The fourth-order valence-corrected chi connectivity index (χ4v) is 3.65. The van der Waals surface area contributed by atoms with Gasteiger partial charge in [-0.05, 0) is 37.7 Å². The van der Waals surface area contributed by atoms with Crippen LogP contribution in [-0.4, -0.2) is 36.0 Å². The van der Waals surface area contributed by atoms with Gasteiger partial charge in [-0.1, -0.05) is 83.1 Å². The van der Waals surface area contributed by atoms with Crippen molar-refractivity contribution in [2.24, 2.45) is 0 Å². The molecule has 184 valence electrons. The summed E-state index contributed by atoms with van der Waals surface area (Å²) in [5.41, 5.74) is 2.36. The lowest BCUT2D eigenvalue weighted by atomic mass is 10.0. The lowest BCUT2D eigenvalue weighted by Gasteiger charge is -2.07. The van der Waals surface area contributed by atoms with Crippen molar-refractivity contribution in [2.75, 3.05) is 19.8 Å². The highest BCUT2D eigenvalue weighted by Gasteiger charge is 2.04. The zero-order valence-corrected chi connectivity index (χ0v) is 20.7. The predicted octanol–water partition coefficient (Wildman–Crippen LogP) is 7.75. The number of rotatable bonds is 19. The van der Waals surface area contributed by atoms with Gasteiger partial charge in [0.25, 0.3) is 0 Å². The largest absolute Gasteiger partial charge is 0.490 e. The Labute approximate surface area is 200 Å². The first-order chi connectivity index (χ1) is 16.2. The Balaban J connectivity index is 1.60. The SMILES string of the molecule is CCCCCCCCOc1cnc(-c2ccc(CCCCCCOCC(F)CC)cc2)nc1. The summed E-state index contributed by atoms with van der Waals surface area (Å²) in [6.07, 6.45) is 16.3. The summed E-state index contributed by atoms with van der Waals surface area (Å²) in [5, 5.41) is 0. The van der Waals surface area contributed by atoms with Gasteiger partial charge in [0, 0.05) is 12.2 Å². The van der Waals surface area contributed by atoms with E-state index >= 15 is 0 Å². The molecule has 0 spiro atoms. The van der Waals surface area contributed by atoms with E-state index in [-0.39, 0.29) is 6.61 Å². The number of aryl methyl sites for hydroxylation is 1. The highest BCUT2D eigenvalue weighted by molar-refractivity contribution is 5.55. The van der Waals surface area contributed by atoms with Crippen molar-refractivity contribution in [3.63, 3.8) is 0 Å². The molecule has 5 heteroatoms. The molecule has 0 N–H and O–H groups in total. The van der Waals surface area contributed by atoms with Crippen LogP contribution in [0, 0.1) is 0 Å². The van der Waals surface area contributed by atoms with Crippen molar-refractivity contribution >= 4 is 0 Å². The van der Waals surface area contributed by atoms with E-state index in [1.165, 1.54) is 44.1 Å². The van der Waals surface area contributed by atoms with Crippen LogP contribution in [0.15, 0.2) is 36.7 Å². The Morgan fingerprint density at radius 3 is 2.12 bits per heavy atom. The van der Waals surface area contributed by atoms with Gasteiger partial charge in [-0.3, -0.25) is 0 Å². The van der Waals surface area contributed by atoms with Gasteiger partial charge in [0.1, 0.15) is 6.17 Å². The first-order valence-corrected chi connectivity index (χ1v) is 13.0. The Hall–Kier alpha value is -2.01. The molecule has 0 amide bonds. The average molecular weight is 459 g/mol.